The average molecular weight is 928 g/mol. The molecule has 10 aromatic rings. The van der Waals surface area contributed by atoms with E-state index in [0.717, 1.165) is 87.4 Å². The summed E-state index contributed by atoms with van der Waals surface area (Å²) in [6, 6.07) is 53.2. The van der Waals surface area contributed by atoms with Crippen LogP contribution in [0.15, 0.2) is 170 Å². The Bertz CT molecular complexity index is 3050. The minimum atomic E-state index is -0.368. The lowest BCUT2D eigenvalue weighted by Gasteiger charge is -2.26. The van der Waals surface area contributed by atoms with Crippen molar-refractivity contribution in [2.75, 3.05) is 45.3 Å². The largest absolute Gasteiger partial charge is 0.497 e. The first-order valence-electron chi connectivity index (χ1n) is 21.3. The van der Waals surface area contributed by atoms with E-state index in [1.807, 2.05) is 168 Å². The molecule has 0 aliphatic carbocycles. The number of aromatic nitrogens is 1. The van der Waals surface area contributed by atoms with Gasteiger partial charge in [-0.05, 0) is 170 Å². The molecular formula is C55H43F2N3O5S2. The van der Waals surface area contributed by atoms with Gasteiger partial charge in [-0.15, -0.1) is 22.7 Å². The quantitative estimate of drug-likeness (QED) is 0.108. The van der Waals surface area contributed by atoms with Crippen LogP contribution in [0.3, 0.4) is 0 Å². The highest BCUT2D eigenvalue weighted by Crippen LogP contribution is 2.49. The zero-order valence-corrected chi connectivity index (χ0v) is 38.8. The van der Waals surface area contributed by atoms with Crippen molar-refractivity contribution in [3.63, 3.8) is 0 Å². The highest BCUT2D eigenvalue weighted by Gasteiger charge is 2.24. The van der Waals surface area contributed by atoms with Gasteiger partial charge in [0.2, 0.25) is 0 Å². The first-order chi connectivity index (χ1) is 32.8. The fourth-order valence-electron chi connectivity index (χ4n) is 8.33. The molecule has 334 valence electrons. The molecule has 3 heterocycles. The number of ether oxygens (including phenoxy) is 5. The van der Waals surface area contributed by atoms with Gasteiger partial charge in [0.05, 0.1) is 56.0 Å². The van der Waals surface area contributed by atoms with Gasteiger partial charge >= 0.3 is 0 Å². The summed E-state index contributed by atoms with van der Waals surface area (Å²) in [5, 5.41) is 0. The molecule has 67 heavy (non-hydrogen) atoms. The highest BCUT2D eigenvalue weighted by molar-refractivity contribution is 7.30. The van der Waals surface area contributed by atoms with Crippen LogP contribution in [0.1, 0.15) is 0 Å². The van der Waals surface area contributed by atoms with Crippen molar-refractivity contribution in [1.29, 1.82) is 0 Å². The van der Waals surface area contributed by atoms with Crippen LogP contribution >= 0.6 is 22.7 Å². The van der Waals surface area contributed by atoms with E-state index >= 15 is 8.78 Å². The molecule has 8 nitrogen and oxygen atoms in total. The van der Waals surface area contributed by atoms with Gasteiger partial charge in [-0.3, -0.25) is 0 Å². The number of hydrogen-bond donors (Lipinski definition) is 0. The van der Waals surface area contributed by atoms with Gasteiger partial charge in [-0.25, -0.2) is 8.78 Å². The second kappa shape index (κ2) is 18.2. The van der Waals surface area contributed by atoms with E-state index in [1.165, 1.54) is 22.7 Å². The molecule has 0 fully saturated rings. The lowest BCUT2D eigenvalue weighted by molar-refractivity contribution is 0.414. The van der Waals surface area contributed by atoms with Gasteiger partial charge in [0, 0.05) is 60.7 Å². The Kier molecular flexibility index (Phi) is 11.7. The van der Waals surface area contributed by atoms with Crippen LogP contribution in [0.25, 0.3) is 47.0 Å². The Morgan fingerprint density at radius 3 is 0.925 bits per heavy atom. The predicted molar refractivity (Wildman–Crippen MR) is 269 cm³/mol. The van der Waals surface area contributed by atoms with E-state index in [1.54, 1.807) is 47.7 Å². The van der Waals surface area contributed by atoms with E-state index in [9.17, 15) is 0 Å². The number of halogens is 2. The molecule has 0 aliphatic rings. The minimum absolute atomic E-state index is 0.368. The van der Waals surface area contributed by atoms with E-state index in [0.29, 0.717) is 22.5 Å². The summed E-state index contributed by atoms with van der Waals surface area (Å²) < 4.78 is 64.8. The molecule has 0 saturated heterocycles. The molecular weight excluding hydrogens is 885 g/mol. The SMILES string of the molecule is COc1ccc(N(c2ccc(OC)cc2)c2ccc(-c3cc4c(s3)c3sc(-c5ccc(N(c6ccc(OC)cc6)c6ccc(OC)cc6)cc5F)cc3n4-c3ccc(OC)cc3)c(F)c2)cc1. The van der Waals surface area contributed by atoms with Crippen LogP contribution in [0, 0.1) is 11.6 Å². The van der Waals surface area contributed by atoms with Crippen molar-refractivity contribution in [1.82, 2.24) is 4.57 Å². The summed E-state index contributed by atoms with van der Waals surface area (Å²) >= 11 is 3.03. The summed E-state index contributed by atoms with van der Waals surface area (Å²) in [6.07, 6.45) is 0. The molecule has 0 unspecified atom stereocenters. The summed E-state index contributed by atoms with van der Waals surface area (Å²) in [7, 11) is 8.14. The van der Waals surface area contributed by atoms with E-state index in [-0.39, 0.29) is 11.6 Å². The first-order valence-corrected chi connectivity index (χ1v) is 22.9. The van der Waals surface area contributed by atoms with Gasteiger partial charge in [-0.2, -0.15) is 0 Å². The second-order valence-electron chi connectivity index (χ2n) is 15.5. The maximum Gasteiger partial charge on any atom is 0.133 e. The molecule has 0 spiro atoms. The zero-order valence-electron chi connectivity index (χ0n) is 37.1. The van der Waals surface area contributed by atoms with Crippen LogP contribution in [-0.4, -0.2) is 40.1 Å². The zero-order chi connectivity index (χ0) is 46.2. The fraction of sp³-hybridized carbons (Fsp3) is 0.0909. The van der Waals surface area contributed by atoms with Crippen molar-refractivity contribution in [2.45, 2.75) is 0 Å². The maximum atomic E-state index is 16.7. The molecule has 7 aromatic carbocycles. The summed E-state index contributed by atoms with van der Waals surface area (Å²) in [5.41, 5.74) is 8.32. The molecule has 0 radical (unpaired) electrons. The summed E-state index contributed by atoms with van der Waals surface area (Å²) in [6.45, 7) is 0. The Morgan fingerprint density at radius 1 is 0.358 bits per heavy atom. The monoisotopic (exact) mass is 927 g/mol. The average Bonchev–Trinajstić information content (AvgIpc) is 4.07. The standard InChI is InChI=1S/C55H43F2N3O5S2/c1-61-41-18-6-34(7-19-41)58(35-8-20-42(62-2)21-9-35)39-16-28-46(48(56)30-39)52-32-50-54(66-52)55-51(60(50)38-14-26-45(65-5)27-15-38)33-53(67-55)47-29-17-40(31-49(47)57)59(36-10-22-43(63-3)23-11-36)37-12-24-44(64-4)25-13-37/h6-33H,1-5H3. The first kappa shape index (κ1) is 43.1. The smallest absolute Gasteiger partial charge is 0.133 e. The minimum Gasteiger partial charge on any atom is -0.497 e. The summed E-state index contributed by atoms with van der Waals surface area (Å²) in [4.78, 5) is 5.52. The van der Waals surface area contributed by atoms with E-state index in [4.69, 9.17) is 23.7 Å². The van der Waals surface area contributed by atoms with Crippen molar-refractivity contribution in [3.8, 4) is 55.3 Å². The third kappa shape index (κ3) is 8.15. The number of benzene rings is 7. The van der Waals surface area contributed by atoms with Crippen LogP contribution in [0.5, 0.6) is 28.7 Å². The maximum absolute atomic E-state index is 16.7. The number of hydrogen-bond acceptors (Lipinski definition) is 9. The van der Waals surface area contributed by atoms with Crippen molar-refractivity contribution >= 4 is 77.2 Å². The fourth-order valence-corrected chi connectivity index (χ4v) is 10.8. The number of thiophene rings is 2. The van der Waals surface area contributed by atoms with Gasteiger partial charge in [0.25, 0.3) is 0 Å². The topological polar surface area (TPSA) is 57.6 Å². The van der Waals surface area contributed by atoms with Crippen LogP contribution in [0.2, 0.25) is 0 Å². The molecule has 10 rings (SSSR count). The van der Waals surface area contributed by atoms with Gasteiger partial charge in [-0.1, -0.05) is 0 Å². The molecule has 12 heteroatoms. The number of rotatable bonds is 14. The highest BCUT2D eigenvalue weighted by atomic mass is 32.1. The predicted octanol–water partition coefficient (Wildman–Crippen LogP) is 15.5. The van der Waals surface area contributed by atoms with E-state index < -0.39 is 0 Å². The van der Waals surface area contributed by atoms with E-state index in [2.05, 4.69) is 4.57 Å². The lowest BCUT2D eigenvalue weighted by Crippen LogP contribution is -2.10. The molecule has 0 bridgehead atoms. The van der Waals surface area contributed by atoms with Crippen molar-refractivity contribution < 1.29 is 32.5 Å². The molecule has 3 aromatic heterocycles. The Morgan fingerprint density at radius 2 is 0.642 bits per heavy atom. The van der Waals surface area contributed by atoms with Gasteiger partial charge in [0.15, 0.2) is 0 Å². The van der Waals surface area contributed by atoms with Gasteiger partial charge < -0.3 is 38.1 Å². The molecule has 0 aliphatic heterocycles. The Labute approximate surface area is 394 Å². The van der Waals surface area contributed by atoms with Crippen LogP contribution < -0.4 is 33.5 Å². The Balaban J connectivity index is 1.05. The van der Waals surface area contributed by atoms with Crippen molar-refractivity contribution in [2.24, 2.45) is 0 Å². The van der Waals surface area contributed by atoms with Crippen LogP contribution in [0.4, 0.5) is 42.9 Å². The number of fused-ring (bicyclic) bond motifs is 3. The Hall–Kier alpha value is -7.80. The lowest BCUT2D eigenvalue weighted by atomic mass is 10.1. The molecule has 0 atom stereocenters. The number of nitrogens with zero attached hydrogens (tertiary/aromatic N) is 3. The number of methoxy groups -OCH3 is 5. The summed E-state index contributed by atoms with van der Waals surface area (Å²) in [5.74, 6) is 2.86. The van der Waals surface area contributed by atoms with Gasteiger partial charge in [0.1, 0.15) is 40.4 Å². The third-order valence-corrected chi connectivity index (χ3v) is 14.2. The molecule has 0 amide bonds. The molecule has 0 saturated carbocycles. The van der Waals surface area contributed by atoms with Crippen LogP contribution in [-0.2, 0) is 0 Å². The third-order valence-electron chi connectivity index (χ3n) is 11.7. The van der Waals surface area contributed by atoms with Crippen molar-refractivity contribution in [3.05, 3.63) is 181 Å². The second-order valence-corrected chi connectivity index (χ2v) is 17.6. The normalized spacial score (nSPS) is 11.2. The number of anilines is 6. The molecule has 0 N–H and O–H groups in total.